The van der Waals surface area contributed by atoms with Crippen LogP contribution < -0.4 is 16.0 Å². The van der Waals surface area contributed by atoms with Crippen molar-refractivity contribution in [2.75, 3.05) is 30.8 Å². The van der Waals surface area contributed by atoms with Crippen molar-refractivity contribution in [1.82, 2.24) is 10.2 Å². The number of amides is 1. The molecule has 1 amide bonds. The maximum atomic E-state index is 13.7. The number of guanidine groups is 1. The number of piperidine rings is 1. The number of aryl methyl sites for hydroxylation is 1. The number of nitrogen functional groups attached to an aromatic ring is 1. The van der Waals surface area contributed by atoms with Gasteiger partial charge in [-0.15, -0.1) is 11.3 Å². The number of carbonyl (C=O) groups is 1. The van der Waals surface area contributed by atoms with Crippen LogP contribution in [-0.4, -0.2) is 36.9 Å². The second kappa shape index (κ2) is 9.04. The molecule has 3 aromatic rings. The Kier molecular flexibility index (Phi) is 6.05. The number of hydrogen-bond donors (Lipinski definition) is 3. The van der Waals surface area contributed by atoms with Gasteiger partial charge in [-0.05, 0) is 79.4 Å². The van der Waals surface area contributed by atoms with Gasteiger partial charge in [0.2, 0.25) is 5.91 Å². The minimum Gasteiger partial charge on any atom is -0.399 e. The minimum atomic E-state index is -0.638. The van der Waals surface area contributed by atoms with E-state index in [1.807, 2.05) is 18.2 Å². The van der Waals surface area contributed by atoms with E-state index in [1.54, 1.807) is 18.4 Å². The van der Waals surface area contributed by atoms with Crippen molar-refractivity contribution in [3.63, 3.8) is 0 Å². The summed E-state index contributed by atoms with van der Waals surface area (Å²) in [4.78, 5) is 18.6. The largest absolute Gasteiger partial charge is 0.399 e. The van der Waals surface area contributed by atoms with E-state index in [-0.39, 0.29) is 23.7 Å². The number of rotatable bonds is 4. The van der Waals surface area contributed by atoms with Crippen molar-refractivity contribution < 1.29 is 4.79 Å². The Morgan fingerprint density at radius 2 is 1.80 bits per heavy atom. The molecule has 5 rings (SSSR count). The molecule has 0 saturated carbocycles. The van der Waals surface area contributed by atoms with Gasteiger partial charge in [0.25, 0.3) is 0 Å². The predicted octanol–water partition coefficient (Wildman–Crippen LogP) is 5.05. The van der Waals surface area contributed by atoms with Gasteiger partial charge >= 0.3 is 0 Å². The summed E-state index contributed by atoms with van der Waals surface area (Å²) in [6.45, 7) is 6.05. The summed E-state index contributed by atoms with van der Waals surface area (Å²) in [6.07, 6.45) is 1.88. The van der Waals surface area contributed by atoms with Crippen molar-refractivity contribution in [3.05, 3.63) is 70.4 Å². The van der Waals surface area contributed by atoms with Crippen LogP contribution in [0.15, 0.2) is 60.0 Å². The SMILES string of the molecule is Cc1ccc(N2CCC([C@@H]3C(=O)N(C)C(=N)N[C@]3(C)c3cc(-c4cccc(N)c4)cs3)CC2)cc1. The number of hydrogen-bond acceptors (Lipinski definition) is 5. The molecule has 0 aliphatic carbocycles. The molecular weight excluding hydrogens is 454 g/mol. The second-order valence-corrected chi connectivity index (χ2v) is 10.9. The predicted molar refractivity (Wildman–Crippen MR) is 145 cm³/mol. The number of nitrogens with zero attached hydrogens (tertiary/aromatic N) is 2. The molecule has 182 valence electrons. The van der Waals surface area contributed by atoms with Gasteiger partial charge in [-0.3, -0.25) is 15.1 Å². The standard InChI is InChI=1S/C28H33N5OS/c1-18-7-9-23(10-8-18)33-13-11-19(12-14-33)25-26(34)32(3)27(30)31-28(25,2)24-16-21(17-35-24)20-5-4-6-22(29)15-20/h4-10,15-17,19,25H,11-14,29H2,1-3H3,(H2,30,31)/t25-,28-/m1/s1. The number of carbonyl (C=O) groups excluding carboxylic acids is 1. The first-order valence-corrected chi connectivity index (χ1v) is 13.0. The first kappa shape index (κ1) is 23.4. The number of nitrogens with two attached hydrogens (primary N) is 1. The molecule has 4 N–H and O–H groups in total. The highest BCUT2D eigenvalue weighted by molar-refractivity contribution is 7.10. The highest BCUT2D eigenvalue weighted by atomic mass is 32.1. The van der Waals surface area contributed by atoms with Crippen molar-refractivity contribution in [1.29, 1.82) is 5.41 Å². The van der Waals surface area contributed by atoms with E-state index in [4.69, 9.17) is 11.1 Å². The molecule has 7 heteroatoms. The summed E-state index contributed by atoms with van der Waals surface area (Å²) < 4.78 is 0. The molecule has 2 fully saturated rings. The normalized spacial score (nSPS) is 23.5. The number of nitrogens with one attached hydrogen (secondary N) is 2. The highest BCUT2D eigenvalue weighted by Gasteiger charge is 2.52. The van der Waals surface area contributed by atoms with E-state index in [2.05, 4.69) is 65.8 Å². The van der Waals surface area contributed by atoms with Crippen LogP contribution in [0.5, 0.6) is 0 Å². The molecule has 2 aliphatic rings. The summed E-state index contributed by atoms with van der Waals surface area (Å²) in [6, 6.07) is 18.7. The monoisotopic (exact) mass is 487 g/mol. The Morgan fingerprint density at radius 3 is 2.49 bits per heavy atom. The molecule has 2 atom stereocenters. The molecule has 0 spiro atoms. The smallest absolute Gasteiger partial charge is 0.235 e. The number of anilines is 2. The van der Waals surface area contributed by atoms with Gasteiger partial charge in [0.05, 0.1) is 11.5 Å². The van der Waals surface area contributed by atoms with Gasteiger partial charge in [0.1, 0.15) is 0 Å². The molecule has 1 aromatic heterocycles. The quantitative estimate of drug-likeness (QED) is 0.450. The fourth-order valence-electron chi connectivity index (χ4n) is 5.59. The zero-order chi connectivity index (χ0) is 24.7. The summed E-state index contributed by atoms with van der Waals surface area (Å²) >= 11 is 1.65. The van der Waals surface area contributed by atoms with Crippen LogP contribution in [0.1, 0.15) is 30.2 Å². The van der Waals surface area contributed by atoms with Crippen molar-refractivity contribution >= 4 is 34.6 Å². The van der Waals surface area contributed by atoms with Gasteiger partial charge in [-0.2, -0.15) is 0 Å². The van der Waals surface area contributed by atoms with Crippen LogP contribution in [-0.2, 0) is 10.3 Å². The van der Waals surface area contributed by atoms with E-state index < -0.39 is 5.54 Å². The topological polar surface area (TPSA) is 85.5 Å². The van der Waals surface area contributed by atoms with E-state index in [9.17, 15) is 4.79 Å². The summed E-state index contributed by atoms with van der Waals surface area (Å²) in [5.74, 6) is 0.179. The van der Waals surface area contributed by atoms with Crippen LogP contribution in [0.25, 0.3) is 11.1 Å². The minimum absolute atomic E-state index is 0.0314. The first-order chi connectivity index (χ1) is 16.8. The van der Waals surface area contributed by atoms with Gasteiger partial charge in [0.15, 0.2) is 5.96 Å². The molecule has 35 heavy (non-hydrogen) atoms. The van der Waals surface area contributed by atoms with Crippen LogP contribution >= 0.6 is 11.3 Å². The zero-order valence-electron chi connectivity index (χ0n) is 20.5. The lowest BCUT2D eigenvalue weighted by molar-refractivity contribution is -0.138. The number of thiophene rings is 1. The lowest BCUT2D eigenvalue weighted by Gasteiger charge is -2.49. The Hall–Kier alpha value is -3.32. The molecule has 2 saturated heterocycles. The van der Waals surface area contributed by atoms with Crippen LogP contribution in [0, 0.1) is 24.2 Å². The summed E-state index contributed by atoms with van der Waals surface area (Å²) in [7, 11) is 1.71. The third-order valence-electron chi connectivity index (χ3n) is 7.67. The summed E-state index contributed by atoms with van der Waals surface area (Å²) in [5.41, 5.74) is 10.8. The molecule has 2 aliphatic heterocycles. The van der Waals surface area contributed by atoms with Gasteiger partial charge in [0, 0.05) is 36.4 Å². The van der Waals surface area contributed by atoms with Crippen molar-refractivity contribution in [2.24, 2.45) is 11.8 Å². The van der Waals surface area contributed by atoms with Crippen molar-refractivity contribution in [3.8, 4) is 11.1 Å². The van der Waals surface area contributed by atoms with Gasteiger partial charge < -0.3 is 16.0 Å². The molecule has 0 radical (unpaired) electrons. The van der Waals surface area contributed by atoms with Crippen molar-refractivity contribution in [2.45, 2.75) is 32.2 Å². The van der Waals surface area contributed by atoms with E-state index in [1.165, 1.54) is 16.2 Å². The molecule has 6 nitrogen and oxygen atoms in total. The second-order valence-electron chi connectivity index (χ2n) is 10.0. The summed E-state index contributed by atoms with van der Waals surface area (Å²) in [5, 5.41) is 14.0. The number of benzene rings is 2. The lowest BCUT2D eigenvalue weighted by Crippen LogP contribution is -2.65. The average Bonchev–Trinajstić information content (AvgIpc) is 3.35. The maximum absolute atomic E-state index is 13.7. The first-order valence-electron chi connectivity index (χ1n) is 12.2. The Labute approximate surface area is 211 Å². The van der Waals surface area contributed by atoms with Crippen LogP contribution in [0.4, 0.5) is 11.4 Å². The molecule has 0 bridgehead atoms. The van der Waals surface area contributed by atoms with Crippen LogP contribution in [0.2, 0.25) is 0 Å². The van der Waals surface area contributed by atoms with Gasteiger partial charge in [-0.25, -0.2) is 0 Å². The Bertz CT molecular complexity index is 1240. The van der Waals surface area contributed by atoms with E-state index >= 15 is 0 Å². The molecular formula is C28H33N5OS. The molecule has 0 unspecified atom stereocenters. The molecule has 2 aromatic carbocycles. The molecule has 3 heterocycles. The van der Waals surface area contributed by atoms with Gasteiger partial charge in [-0.1, -0.05) is 29.8 Å². The van der Waals surface area contributed by atoms with E-state index in [0.717, 1.165) is 47.6 Å². The zero-order valence-corrected chi connectivity index (χ0v) is 21.4. The Morgan fingerprint density at radius 1 is 1.09 bits per heavy atom. The fourth-order valence-corrected chi connectivity index (χ4v) is 6.66. The highest BCUT2D eigenvalue weighted by Crippen LogP contribution is 2.45. The van der Waals surface area contributed by atoms with Crippen LogP contribution in [0.3, 0.4) is 0 Å². The Balaban J connectivity index is 1.43. The third-order valence-corrected chi connectivity index (χ3v) is 8.84. The van der Waals surface area contributed by atoms with E-state index in [0.29, 0.717) is 0 Å². The average molecular weight is 488 g/mol. The fraction of sp³-hybridized carbons (Fsp3) is 0.357. The third kappa shape index (κ3) is 4.29. The maximum Gasteiger partial charge on any atom is 0.235 e. The lowest BCUT2D eigenvalue weighted by atomic mass is 9.70.